The summed E-state index contributed by atoms with van der Waals surface area (Å²) in [6, 6.07) is 7.39. The fraction of sp³-hybridized carbons (Fsp3) is 0.188. The Hall–Kier alpha value is -3.09. The van der Waals surface area contributed by atoms with E-state index in [0.29, 0.717) is 34.7 Å². The van der Waals surface area contributed by atoms with Crippen molar-refractivity contribution < 1.29 is 9.47 Å². The second-order valence-corrected chi connectivity index (χ2v) is 5.43. The molecular weight excluding hydrogens is 298 g/mol. The molecule has 2 aromatic heterocycles. The number of aromatic amines is 2. The summed E-state index contributed by atoms with van der Waals surface area (Å²) in [5, 5.41) is 7.17. The van der Waals surface area contributed by atoms with Gasteiger partial charge in [0, 0.05) is 17.5 Å². The first-order valence-electron chi connectivity index (χ1n) is 7.11. The molecule has 0 saturated carbocycles. The van der Waals surface area contributed by atoms with Gasteiger partial charge >= 0.3 is 0 Å². The van der Waals surface area contributed by atoms with Crippen LogP contribution >= 0.6 is 0 Å². The first kappa shape index (κ1) is 13.6. The van der Waals surface area contributed by atoms with Gasteiger partial charge in [-0.15, -0.1) is 0 Å². The molecule has 116 valence electrons. The molecule has 2 N–H and O–H groups in total. The van der Waals surface area contributed by atoms with Crippen LogP contribution in [0.25, 0.3) is 10.8 Å². The Morgan fingerprint density at radius 3 is 2.83 bits per heavy atom. The Bertz CT molecular complexity index is 1040. The third-order valence-electron chi connectivity index (χ3n) is 3.81. The second-order valence-electron chi connectivity index (χ2n) is 5.43. The minimum Gasteiger partial charge on any atom is -0.454 e. The highest BCUT2D eigenvalue weighted by Crippen LogP contribution is 2.33. The van der Waals surface area contributed by atoms with Crippen molar-refractivity contribution in [3.05, 3.63) is 61.9 Å². The molecule has 23 heavy (non-hydrogen) atoms. The van der Waals surface area contributed by atoms with Gasteiger partial charge in [0.1, 0.15) is 5.39 Å². The largest absolute Gasteiger partial charge is 0.454 e. The lowest BCUT2D eigenvalue weighted by Crippen LogP contribution is -2.21. The molecule has 0 saturated heterocycles. The Kier molecular flexibility index (Phi) is 2.94. The molecule has 3 aromatic rings. The van der Waals surface area contributed by atoms with E-state index in [1.165, 1.54) is 0 Å². The van der Waals surface area contributed by atoms with Crippen LogP contribution < -0.4 is 20.6 Å². The van der Waals surface area contributed by atoms with Crippen LogP contribution in [0.3, 0.4) is 0 Å². The summed E-state index contributed by atoms with van der Waals surface area (Å²) in [4.78, 5) is 26.6. The van der Waals surface area contributed by atoms with Crippen LogP contribution in [0.2, 0.25) is 0 Å². The number of hydrogen-bond donors (Lipinski definition) is 2. The molecule has 7 heteroatoms. The highest BCUT2D eigenvalue weighted by atomic mass is 16.7. The van der Waals surface area contributed by atoms with Crippen molar-refractivity contribution >= 4 is 10.8 Å². The van der Waals surface area contributed by atoms with Gasteiger partial charge in [0.15, 0.2) is 11.5 Å². The monoisotopic (exact) mass is 311 g/mol. The summed E-state index contributed by atoms with van der Waals surface area (Å²) in [6.45, 7) is 1.99. The fourth-order valence-electron chi connectivity index (χ4n) is 2.76. The summed E-state index contributed by atoms with van der Waals surface area (Å²) in [5.74, 6) is 1.39. The average molecular weight is 311 g/mol. The summed E-state index contributed by atoms with van der Waals surface area (Å²) in [6.07, 6.45) is 0.465. The Morgan fingerprint density at radius 2 is 1.96 bits per heavy atom. The minimum absolute atomic E-state index is 0.0985. The van der Waals surface area contributed by atoms with Crippen molar-refractivity contribution in [2.45, 2.75) is 13.3 Å². The molecule has 0 unspecified atom stereocenters. The first-order valence-corrected chi connectivity index (χ1v) is 7.11. The van der Waals surface area contributed by atoms with Gasteiger partial charge in [-0.3, -0.25) is 9.59 Å². The molecule has 0 aliphatic carbocycles. The molecule has 1 aromatic carbocycles. The Morgan fingerprint density at radius 1 is 1.13 bits per heavy atom. The van der Waals surface area contributed by atoms with Gasteiger partial charge in [-0.2, -0.15) is 5.10 Å². The number of nitrogens with zero attached hydrogens (tertiary/aromatic N) is 1. The van der Waals surface area contributed by atoms with Crippen molar-refractivity contribution in [3.63, 3.8) is 0 Å². The molecule has 0 fully saturated rings. The molecular formula is C16H13N3O4. The van der Waals surface area contributed by atoms with Crippen LogP contribution in [-0.2, 0) is 6.42 Å². The maximum absolute atomic E-state index is 12.0. The smallest absolute Gasteiger partial charge is 0.277 e. The normalized spacial score (nSPS) is 12.7. The Balaban J connectivity index is 1.85. The number of rotatable bonds is 2. The minimum atomic E-state index is -0.490. The number of H-pyrrole nitrogens is 2. The fourth-order valence-corrected chi connectivity index (χ4v) is 2.76. The lowest BCUT2D eigenvalue weighted by molar-refractivity contribution is 0.174. The average Bonchev–Trinajstić information content (AvgIpc) is 2.97. The lowest BCUT2D eigenvalue weighted by Gasteiger charge is -2.06. The Labute approximate surface area is 129 Å². The van der Waals surface area contributed by atoms with Crippen LogP contribution in [0.4, 0.5) is 0 Å². The zero-order valence-electron chi connectivity index (χ0n) is 12.3. The molecule has 0 bridgehead atoms. The lowest BCUT2D eigenvalue weighted by atomic mass is 10.0. The molecule has 0 spiro atoms. The molecule has 1 aliphatic heterocycles. The summed E-state index contributed by atoms with van der Waals surface area (Å²) < 4.78 is 10.7. The van der Waals surface area contributed by atoms with Crippen LogP contribution in [0.15, 0.2) is 33.9 Å². The van der Waals surface area contributed by atoms with Crippen LogP contribution in [0.5, 0.6) is 11.5 Å². The predicted octanol–water partition coefficient (Wildman–Crippen LogP) is 1.24. The number of aromatic nitrogens is 3. The predicted molar refractivity (Wildman–Crippen MR) is 83.1 cm³/mol. The van der Waals surface area contributed by atoms with E-state index in [-0.39, 0.29) is 12.2 Å². The summed E-state index contributed by atoms with van der Waals surface area (Å²) >= 11 is 0. The van der Waals surface area contributed by atoms with Gasteiger partial charge in [0.05, 0.1) is 5.69 Å². The molecule has 1 aliphatic rings. The number of pyridine rings is 1. The zero-order valence-corrected chi connectivity index (χ0v) is 12.3. The van der Waals surface area contributed by atoms with Gasteiger partial charge in [-0.1, -0.05) is 6.07 Å². The van der Waals surface area contributed by atoms with Crippen molar-refractivity contribution in [2.75, 3.05) is 6.79 Å². The van der Waals surface area contributed by atoms with Crippen LogP contribution in [0, 0.1) is 6.92 Å². The van der Waals surface area contributed by atoms with E-state index >= 15 is 0 Å². The van der Waals surface area contributed by atoms with E-state index in [2.05, 4.69) is 15.2 Å². The van der Waals surface area contributed by atoms with Gasteiger partial charge in [-0.05, 0) is 30.7 Å². The second kappa shape index (κ2) is 4.98. The maximum atomic E-state index is 12.0. The number of aryl methyl sites for hydroxylation is 1. The third-order valence-corrected chi connectivity index (χ3v) is 3.81. The number of ether oxygens (including phenoxy) is 2. The van der Waals surface area contributed by atoms with E-state index in [1.54, 1.807) is 13.0 Å². The number of hydrogen-bond acceptors (Lipinski definition) is 5. The highest BCUT2D eigenvalue weighted by Gasteiger charge is 2.15. The molecule has 4 rings (SSSR count). The van der Waals surface area contributed by atoms with Crippen molar-refractivity contribution in [3.8, 4) is 11.5 Å². The summed E-state index contributed by atoms with van der Waals surface area (Å²) in [5.41, 5.74) is 1.37. The van der Waals surface area contributed by atoms with E-state index in [9.17, 15) is 9.59 Å². The third kappa shape index (κ3) is 2.26. The zero-order chi connectivity index (χ0) is 16.0. The van der Waals surface area contributed by atoms with E-state index in [1.807, 2.05) is 18.2 Å². The van der Waals surface area contributed by atoms with Gasteiger partial charge in [0.2, 0.25) is 6.79 Å². The SMILES string of the molecule is Cc1cc2c(Cc3ccc4c(c3)OCO4)n[nH]c(=O)c2c(=O)[nH]1. The van der Waals surface area contributed by atoms with E-state index in [4.69, 9.17) is 9.47 Å². The van der Waals surface area contributed by atoms with Gasteiger partial charge in [-0.25, -0.2) is 5.10 Å². The van der Waals surface area contributed by atoms with E-state index < -0.39 is 11.1 Å². The number of nitrogens with one attached hydrogen (secondary N) is 2. The topological polar surface area (TPSA) is 97.1 Å². The molecule has 0 atom stereocenters. The van der Waals surface area contributed by atoms with Crippen molar-refractivity contribution in [1.82, 2.24) is 15.2 Å². The quantitative estimate of drug-likeness (QED) is 0.742. The van der Waals surface area contributed by atoms with Crippen LogP contribution in [0.1, 0.15) is 17.0 Å². The van der Waals surface area contributed by atoms with Crippen molar-refractivity contribution in [2.24, 2.45) is 0 Å². The highest BCUT2D eigenvalue weighted by molar-refractivity contribution is 5.83. The molecule has 0 amide bonds. The van der Waals surface area contributed by atoms with Gasteiger partial charge < -0.3 is 14.5 Å². The first-order chi connectivity index (χ1) is 11.1. The molecule has 0 radical (unpaired) electrons. The number of fused-ring (bicyclic) bond motifs is 2. The standard InChI is InChI=1S/C16H13N3O4/c1-8-4-10-11(18-19-16(21)14(10)15(20)17-8)5-9-2-3-12-13(6-9)23-7-22-12/h2-4,6H,5,7H2,1H3,(H,17,20)(H,19,21). The maximum Gasteiger partial charge on any atom is 0.277 e. The molecule has 7 nitrogen and oxygen atoms in total. The number of benzene rings is 1. The summed E-state index contributed by atoms with van der Waals surface area (Å²) in [7, 11) is 0. The van der Waals surface area contributed by atoms with Gasteiger partial charge in [0.25, 0.3) is 11.1 Å². The molecule has 3 heterocycles. The van der Waals surface area contributed by atoms with Crippen molar-refractivity contribution in [1.29, 1.82) is 0 Å². The van der Waals surface area contributed by atoms with E-state index in [0.717, 1.165) is 5.56 Å². The van der Waals surface area contributed by atoms with Crippen LogP contribution in [-0.4, -0.2) is 22.0 Å².